The molecule has 0 spiro atoms. The van der Waals surface area contributed by atoms with Crippen LogP contribution in [-0.2, 0) is 12.3 Å². The second kappa shape index (κ2) is 7.81. The Morgan fingerprint density at radius 3 is 3.10 bits per heavy atom. The van der Waals surface area contributed by atoms with Crippen LogP contribution in [-0.4, -0.2) is 45.4 Å². The van der Waals surface area contributed by atoms with Crippen LogP contribution in [0.1, 0.15) is 12.6 Å². The maximum atomic E-state index is 5.11. The second-order valence-electron chi connectivity index (χ2n) is 4.00. The Balaban J connectivity index is 1.91. The van der Waals surface area contributed by atoms with Crippen LogP contribution < -0.4 is 10.1 Å². The number of pyridine rings is 1. The highest BCUT2D eigenvalue weighted by atomic mass is 32.2. The summed E-state index contributed by atoms with van der Waals surface area (Å²) in [5, 5.41) is 15.8. The molecule has 2 rings (SSSR count). The van der Waals surface area contributed by atoms with Gasteiger partial charge < -0.3 is 10.1 Å². The number of methoxy groups -OCH3 is 1. The smallest absolute Gasteiger partial charge is 0.213 e. The summed E-state index contributed by atoms with van der Waals surface area (Å²) in [5.41, 5.74) is 0.940. The van der Waals surface area contributed by atoms with Gasteiger partial charge in [0.1, 0.15) is 0 Å². The first kappa shape index (κ1) is 14.7. The van der Waals surface area contributed by atoms with Crippen molar-refractivity contribution >= 4 is 11.8 Å². The van der Waals surface area contributed by atoms with Gasteiger partial charge in [0, 0.05) is 18.4 Å². The fraction of sp³-hybridized carbons (Fsp3) is 0.500. The average molecular weight is 294 g/mol. The van der Waals surface area contributed by atoms with Crippen LogP contribution in [0.2, 0.25) is 0 Å². The molecule has 0 aromatic carbocycles. The van der Waals surface area contributed by atoms with E-state index in [1.54, 1.807) is 23.6 Å². The lowest BCUT2D eigenvalue weighted by atomic mass is 10.4. The summed E-state index contributed by atoms with van der Waals surface area (Å²) in [5.74, 6) is 1.33. The van der Waals surface area contributed by atoms with Crippen LogP contribution in [0.25, 0.3) is 0 Å². The normalized spacial score (nSPS) is 10.7. The zero-order valence-corrected chi connectivity index (χ0v) is 12.4. The molecule has 0 fully saturated rings. The summed E-state index contributed by atoms with van der Waals surface area (Å²) in [6.07, 6.45) is 0. The molecule has 108 valence electrons. The molecule has 2 aromatic heterocycles. The van der Waals surface area contributed by atoms with Gasteiger partial charge in [0.05, 0.1) is 19.3 Å². The van der Waals surface area contributed by atoms with Gasteiger partial charge in [-0.3, -0.25) is 0 Å². The fourth-order valence-electron chi connectivity index (χ4n) is 1.59. The molecule has 0 aliphatic heterocycles. The van der Waals surface area contributed by atoms with Crippen molar-refractivity contribution in [2.24, 2.45) is 0 Å². The van der Waals surface area contributed by atoms with Gasteiger partial charge in [-0.1, -0.05) is 24.8 Å². The summed E-state index contributed by atoms with van der Waals surface area (Å²) >= 11 is 1.57. The third kappa shape index (κ3) is 4.17. The molecule has 0 bridgehead atoms. The van der Waals surface area contributed by atoms with Crippen LogP contribution in [0.15, 0.2) is 23.4 Å². The second-order valence-corrected chi connectivity index (χ2v) is 4.94. The summed E-state index contributed by atoms with van der Waals surface area (Å²) in [7, 11) is 1.61. The van der Waals surface area contributed by atoms with Crippen LogP contribution in [0.5, 0.6) is 5.88 Å². The van der Waals surface area contributed by atoms with E-state index in [0.717, 1.165) is 30.5 Å². The van der Waals surface area contributed by atoms with Gasteiger partial charge >= 0.3 is 0 Å². The Morgan fingerprint density at radius 1 is 1.40 bits per heavy atom. The molecule has 0 atom stereocenters. The molecule has 0 amide bonds. The lowest BCUT2D eigenvalue weighted by molar-refractivity contribution is 0.397. The zero-order chi connectivity index (χ0) is 14.2. The highest BCUT2D eigenvalue weighted by molar-refractivity contribution is 7.98. The van der Waals surface area contributed by atoms with E-state index in [1.807, 2.05) is 18.2 Å². The number of rotatable bonds is 8. The predicted octanol–water partition coefficient (Wildman–Crippen LogP) is 0.978. The third-order valence-electron chi connectivity index (χ3n) is 2.59. The lowest BCUT2D eigenvalue weighted by Crippen LogP contribution is -2.20. The molecule has 0 aliphatic rings. The molecule has 2 heterocycles. The first-order valence-electron chi connectivity index (χ1n) is 6.43. The minimum atomic E-state index is 0.620. The molecule has 0 saturated heterocycles. The van der Waals surface area contributed by atoms with E-state index >= 15 is 0 Å². The fourth-order valence-corrected chi connectivity index (χ4v) is 2.40. The topological polar surface area (TPSA) is 77.8 Å². The minimum Gasteiger partial charge on any atom is -0.481 e. The number of nitrogens with one attached hydrogen (secondary N) is 1. The molecule has 7 nitrogen and oxygen atoms in total. The number of hydrogen-bond acceptors (Lipinski definition) is 7. The van der Waals surface area contributed by atoms with Crippen molar-refractivity contribution in [3.8, 4) is 5.88 Å². The van der Waals surface area contributed by atoms with Crippen molar-refractivity contribution < 1.29 is 4.74 Å². The molecule has 0 saturated carbocycles. The first-order chi connectivity index (χ1) is 9.83. The minimum absolute atomic E-state index is 0.620. The predicted molar refractivity (Wildman–Crippen MR) is 76.7 cm³/mol. The van der Waals surface area contributed by atoms with Gasteiger partial charge in [0.15, 0.2) is 0 Å². The standard InChI is InChI=1S/C12H18N6OS/c1-3-13-7-8-18-12(15-16-17-18)20-9-10-5-4-6-11(14-10)19-2/h4-6,13H,3,7-9H2,1-2H3. The van der Waals surface area contributed by atoms with Crippen LogP contribution >= 0.6 is 11.8 Å². The monoisotopic (exact) mass is 294 g/mol. The summed E-state index contributed by atoms with van der Waals surface area (Å²) in [6, 6.07) is 5.72. The number of tetrazole rings is 1. The van der Waals surface area contributed by atoms with Crippen molar-refractivity contribution in [3.05, 3.63) is 23.9 Å². The van der Waals surface area contributed by atoms with Crippen molar-refractivity contribution in [1.29, 1.82) is 0 Å². The van der Waals surface area contributed by atoms with Gasteiger partial charge in [-0.05, 0) is 23.0 Å². The lowest BCUT2D eigenvalue weighted by Gasteiger charge is -2.05. The van der Waals surface area contributed by atoms with E-state index in [0.29, 0.717) is 11.6 Å². The van der Waals surface area contributed by atoms with E-state index in [-0.39, 0.29) is 0 Å². The van der Waals surface area contributed by atoms with Crippen molar-refractivity contribution in [1.82, 2.24) is 30.5 Å². The SMILES string of the molecule is CCNCCn1nnnc1SCc1cccc(OC)n1. The molecular formula is C12H18N6OS. The highest BCUT2D eigenvalue weighted by Gasteiger charge is 2.07. The highest BCUT2D eigenvalue weighted by Crippen LogP contribution is 2.19. The van der Waals surface area contributed by atoms with E-state index in [4.69, 9.17) is 4.74 Å². The van der Waals surface area contributed by atoms with Crippen molar-refractivity contribution in [3.63, 3.8) is 0 Å². The van der Waals surface area contributed by atoms with Gasteiger partial charge in [-0.15, -0.1) is 5.10 Å². The molecule has 0 unspecified atom stereocenters. The molecular weight excluding hydrogens is 276 g/mol. The van der Waals surface area contributed by atoms with Gasteiger partial charge in [0.25, 0.3) is 0 Å². The van der Waals surface area contributed by atoms with Crippen molar-refractivity contribution in [2.75, 3.05) is 20.2 Å². The maximum absolute atomic E-state index is 5.11. The maximum Gasteiger partial charge on any atom is 0.213 e. The van der Waals surface area contributed by atoms with Crippen LogP contribution in [0, 0.1) is 0 Å². The molecule has 8 heteroatoms. The largest absolute Gasteiger partial charge is 0.481 e. The summed E-state index contributed by atoms with van der Waals surface area (Å²) in [4.78, 5) is 4.36. The van der Waals surface area contributed by atoms with Crippen molar-refractivity contribution in [2.45, 2.75) is 24.4 Å². The number of hydrogen-bond donors (Lipinski definition) is 1. The number of ether oxygens (including phenoxy) is 1. The quantitative estimate of drug-likeness (QED) is 0.574. The zero-order valence-electron chi connectivity index (χ0n) is 11.6. The molecule has 0 aliphatic carbocycles. The number of aromatic nitrogens is 5. The average Bonchev–Trinajstić information content (AvgIpc) is 2.93. The first-order valence-corrected chi connectivity index (χ1v) is 7.41. The van der Waals surface area contributed by atoms with Crippen LogP contribution in [0.3, 0.4) is 0 Å². The number of nitrogens with zero attached hydrogens (tertiary/aromatic N) is 5. The van der Waals surface area contributed by atoms with Gasteiger partial charge in [-0.25, -0.2) is 9.67 Å². The Kier molecular flexibility index (Phi) is 5.75. The van der Waals surface area contributed by atoms with E-state index in [2.05, 4.69) is 32.7 Å². The van der Waals surface area contributed by atoms with E-state index in [1.165, 1.54) is 0 Å². The van der Waals surface area contributed by atoms with Gasteiger partial charge in [-0.2, -0.15) is 0 Å². The van der Waals surface area contributed by atoms with Crippen LogP contribution in [0.4, 0.5) is 0 Å². The third-order valence-corrected chi connectivity index (χ3v) is 3.58. The Morgan fingerprint density at radius 2 is 2.30 bits per heavy atom. The van der Waals surface area contributed by atoms with E-state index in [9.17, 15) is 0 Å². The molecule has 0 radical (unpaired) electrons. The van der Waals surface area contributed by atoms with Gasteiger partial charge in [0.2, 0.25) is 11.0 Å². The number of thioether (sulfide) groups is 1. The Labute approximate surface area is 122 Å². The Bertz CT molecular complexity index is 532. The Hall–Kier alpha value is -1.67. The molecule has 1 N–H and O–H groups in total. The molecule has 20 heavy (non-hydrogen) atoms. The summed E-state index contributed by atoms with van der Waals surface area (Å²) in [6.45, 7) is 4.63. The number of likely N-dealkylation sites (N-methyl/N-ethyl adjacent to an activating group) is 1. The van der Waals surface area contributed by atoms with E-state index < -0.39 is 0 Å². The summed E-state index contributed by atoms with van der Waals surface area (Å²) < 4.78 is 6.91. The molecule has 2 aromatic rings.